The highest BCUT2D eigenvalue weighted by Gasteiger charge is 2.25. The van der Waals surface area contributed by atoms with Crippen LogP contribution in [0.5, 0.6) is 0 Å². The molecule has 11 heteroatoms. The Balaban J connectivity index is 4.42. The Kier molecular flexibility index (Phi) is 39.8. The largest absolute Gasteiger partial charge is 0.472 e. The molecule has 0 fully saturated rings. The number of hydrogen-bond donors (Lipinski definition) is 3. The van der Waals surface area contributed by atoms with E-state index in [0.29, 0.717) is 25.7 Å². The number of rotatable bonds is 39. The van der Waals surface area contributed by atoms with Crippen LogP contribution < -0.4 is 5.73 Å². The molecule has 10 nitrogen and oxygen atoms in total. The average molecular weight is 832 g/mol. The Morgan fingerprint density at radius 2 is 1.12 bits per heavy atom. The molecule has 4 N–H and O–H groups in total. The van der Waals surface area contributed by atoms with E-state index in [1.54, 1.807) is 12.2 Å². The number of unbranched alkanes of at least 4 members (excludes halogenated alkanes) is 10. The van der Waals surface area contributed by atoms with E-state index < -0.39 is 38.6 Å². The molecular weight excluding hydrogens is 753 g/mol. The summed E-state index contributed by atoms with van der Waals surface area (Å²) in [5.41, 5.74) is 5.33. The molecule has 2 unspecified atom stereocenters. The van der Waals surface area contributed by atoms with Crippen molar-refractivity contribution in [3.63, 3.8) is 0 Å². The Bertz CT molecular complexity index is 1280. The van der Waals surface area contributed by atoms with Crippen molar-refractivity contribution in [2.24, 2.45) is 5.73 Å². The summed E-state index contributed by atoms with van der Waals surface area (Å²) in [5.74, 6) is -1.01. The van der Waals surface area contributed by atoms with Crippen LogP contribution in [0.1, 0.15) is 149 Å². The molecule has 0 aromatic carbocycles. The number of phosphoric ester groups is 1. The van der Waals surface area contributed by atoms with Gasteiger partial charge in [-0.2, -0.15) is 0 Å². The van der Waals surface area contributed by atoms with Gasteiger partial charge >= 0.3 is 19.8 Å². The molecule has 0 amide bonds. The first-order chi connectivity index (χ1) is 28.2. The zero-order valence-corrected chi connectivity index (χ0v) is 36.7. The van der Waals surface area contributed by atoms with Crippen molar-refractivity contribution in [2.75, 3.05) is 26.4 Å². The second-order valence-electron chi connectivity index (χ2n) is 14.1. The number of allylic oxidation sites excluding steroid dienone is 14. The topological polar surface area (TPSA) is 155 Å². The average Bonchev–Trinajstić information content (AvgIpc) is 3.21. The van der Waals surface area contributed by atoms with Crippen LogP contribution in [0.25, 0.3) is 0 Å². The number of hydrogen-bond acceptors (Lipinski definition) is 9. The SMILES string of the molecule is CCCCC/C=C\C/C=C\C/C=C\C/C=C\CCCCCC(=O)OC[C@H](COP(=O)(O)OCCN)OC(=O)CCC/C=C/C=C\C(O)C/C=C\C/C=C\CCCCC. The summed E-state index contributed by atoms with van der Waals surface area (Å²) in [5, 5.41) is 10.1. The van der Waals surface area contributed by atoms with Crippen LogP contribution in [0.15, 0.2) is 97.2 Å². The number of carbonyl (C=O) groups excluding carboxylic acids is 2. The molecule has 0 heterocycles. The van der Waals surface area contributed by atoms with Crippen molar-refractivity contribution >= 4 is 19.8 Å². The zero-order valence-electron chi connectivity index (χ0n) is 35.8. The van der Waals surface area contributed by atoms with Crippen LogP contribution in [0.4, 0.5) is 0 Å². The first-order valence-corrected chi connectivity index (χ1v) is 23.3. The molecule has 0 spiro atoms. The van der Waals surface area contributed by atoms with Crippen molar-refractivity contribution in [1.82, 2.24) is 0 Å². The van der Waals surface area contributed by atoms with Gasteiger partial charge in [-0.15, -0.1) is 0 Å². The van der Waals surface area contributed by atoms with Crippen LogP contribution in [0.2, 0.25) is 0 Å². The van der Waals surface area contributed by atoms with Gasteiger partial charge in [0.1, 0.15) is 6.61 Å². The van der Waals surface area contributed by atoms with Crippen LogP contribution in [0.3, 0.4) is 0 Å². The minimum Gasteiger partial charge on any atom is -0.462 e. The van der Waals surface area contributed by atoms with Gasteiger partial charge < -0.3 is 25.2 Å². The second kappa shape index (κ2) is 42.0. The maximum atomic E-state index is 12.6. The minimum atomic E-state index is -4.43. The summed E-state index contributed by atoms with van der Waals surface area (Å²) in [6.45, 7) is 3.44. The van der Waals surface area contributed by atoms with E-state index in [9.17, 15) is 24.2 Å². The van der Waals surface area contributed by atoms with Gasteiger partial charge in [-0.1, -0.05) is 143 Å². The summed E-state index contributed by atoms with van der Waals surface area (Å²) in [7, 11) is -4.43. The normalized spacial score (nSPS) is 14.8. The van der Waals surface area contributed by atoms with Gasteiger partial charge in [-0.3, -0.25) is 18.6 Å². The van der Waals surface area contributed by atoms with Gasteiger partial charge in [0.25, 0.3) is 0 Å². The fraction of sp³-hybridized carbons (Fsp3) is 0.617. The lowest BCUT2D eigenvalue weighted by atomic mass is 10.1. The number of aliphatic hydroxyl groups is 1. The standard InChI is InChI=1S/C47H78NO9P/c1-3-5-7-9-11-13-14-15-16-17-18-19-20-21-22-24-26-30-34-38-46(50)54-42-45(43-56-58(52,53)55-41-40-48)57-47(51)39-35-31-27-29-33-37-44(49)36-32-28-25-23-12-10-8-6-4-2/h11-13,15-16,18-19,21-23,27-29,32-33,37,44-45,49H,3-10,14,17,20,24-26,30-31,34-36,38-43,48H2,1-2H3,(H,52,53)/b13-11-,16-15-,19-18-,22-21-,23-12-,29-27+,32-28-,37-33-/t44?,45-/m1/s1. The van der Waals surface area contributed by atoms with Gasteiger partial charge in [0.15, 0.2) is 6.10 Å². The molecule has 0 rings (SSSR count). The van der Waals surface area contributed by atoms with Gasteiger partial charge in [0.2, 0.25) is 0 Å². The van der Waals surface area contributed by atoms with E-state index in [4.69, 9.17) is 24.3 Å². The molecule has 0 saturated carbocycles. The van der Waals surface area contributed by atoms with Crippen molar-refractivity contribution < 1.29 is 42.7 Å². The maximum Gasteiger partial charge on any atom is 0.472 e. The number of ether oxygens (including phenoxy) is 2. The van der Waals surface area contributed by atoms with Crippen molar-refractivity contribution in [3.8, 4) is 0 Å². The highest BCUT2D eigenvalue weighted by Crippen LogP contribution is 2.43. The predicted octanol–water partition coefficient (Wildman–Crippen LogP) is 11.6. The van der Waals surface area contributed by atoms with Gasteiger partial charge in [0, 0.05) is 19.4 Å². The molecule has 0 bridgehead atoms. The zero-order chi connectivity index (χ0) is 42.6. The number of nitrogens with two attached hydrogens (primary N) is 1. The molecule has 3 atom stereocenters. The molecular formula is C47H78NO9P. The molecule has 0 aromatic rings. The monoisotopic (exact) mass is 832 g/mol. The molecule has 0 radical (unpaired) electrons. The molecule has 0 aliphatic rings. The number of carbonyl (C=O) groups is 2. The lowest BCUT2D eigenvalue weighted by Gasteiger charge is -2.19. The number of phosphoric acid groups is 1. The lowest BCUT2D eigenvalue weighted by Crippen LogP contribution is -2.29. The van der Waals surface area contributed by atoms with Gasteiger partial charge in [-0.05, 0) is 89.9 Å². The quantitative estimate of drug-likeness (QED) is 0.0179. The minimum absolute atomic E-state index is 0.0209. The van der Waals surface area contributed by atoms with Gasteiger partial charge in [-0.25, -0.2) is 4.57 Å². The molecule has 0 aromatic heterocycles. The van der Waals surface area contributed by atoms with Crippen LogP contribution in [-0.4, -0.2) is 60.5 Å². The smallest absolute Gasteiger partial charge is 0.462 e. The summed E-state index contributed by atoms with van der Waals surface area (Å²) in [4.78, 5) is 34.9. The Morgan fingerprint density at radius 1 is 0.603 bits per heavy atom. The lowest BCUT2D eigenvalue weighted by molar-refractivity contribution is -0.161. The Labute approximate surface area is 351 Å². The maximum absolute atomic E-state index is 12.6. The van der Waals surface area contributed by atoms with Crippen molar-refractivity contribution in [2.45, 2.75) is 161 Å². The molecule has 0 aliphatic carbocycles. The third-order valence-corrected chi connectivity index (χ3v) is 9.51. The highest BCUT2D eigenvalue weighted by atomic mass is 31.2. The third kappa shape index (κ3) is 41.1. The Morgan fingerprint density at radius 3 is 1.69 bits per heavy atom. The Hall–Kier alpha value is -3.11. The fourth-order valence-electron chi connectivity index (χ4n) is 5.22. The first kappa shape index (κ1) is 54.9. The molecule has 0 saturated heterocycles. The van der Waals surface area contributed by atoms with Crippen LogP contribution in [-0.2, 0) is 32.7 Å². The number of aliphatic hydroxyl groups excluding tert-OH is 1. The van der Waals surface area contributed by atoms with Crippen molar-refractivity contribution in [1.29, 1.82) is 0 Å². The number of esters is 2. The fourth-order valence-corrected chi connectivity index (χ4v) is 5.98. The second-order valence-corrected chi connectivity index (χ2v) is 15.5. The first-order valence-electron chi connectivity index (χ1n) is 21.8. The van der Waals surface area contributed by atoms with E-state index in [0.717, 1.165) is 51.4 Å². The van der Waals surface area contributed by atoms with Gasteiger partial charge in [0.05, 0.1) is 19.3 Å². The van der Waals surface area contributed by atoms with E-state index in [1.165, 1.54) is 44.9 Å². The molecule has 330 valence electrons. The molecule has 58 heavy (non-hydrogen) atoms. The predicted molar refractivity (Wildman–Crippen MR) is 239 cm³/mol. The third-order valence-electron chi connectivity index (χ3n) is 8.52. The van der Waals surface area contributed by atoms with E-state index in [2.05, 4.69) is 80.7 Å². The van der Waals surface area contributed by atoms with Crippen LogP contribution in [0, 0.1) is 0 Å². The summed E-state index contributed by atoms with van der Waals surface area (Å²) < 4.78 is 32.6. The summed E-state index contributed by atoms with van der Waals surface area (Å²) in [6.07, 6.45) is 50.4. The van der Waals surface area contributed by atoms with E-state index >= 15 is 0 Å². The van der Waals surface area contributed by atoms with Crippen LogP contribution >= 0.6 is 7.82 Å². The summed E-state index contributed by atoms with van der Waals surface area (Å²) in [6, 6.07) is 0. The van der Waals surface area contributed by atoms with Crippen molar-refractivity contribution in [3.05, 3.63) is 97.2 Å². The molecule has 0 aliphatic heterocycles. The highest BCUT2D eigenvalue weighted by molar-refractivity contribution is 7.47. The van der Waals surface area contributed by atoms with E-state index in [-0.39, 0.29) is 32.6 Å². The summed E-state index contributed by atoms with van der Waals surface area (Å²) >= 11 is 0. The van der Waals surface area contributed by atoms with E-state index in [1.807, 2.05) is 18.2 Å².